The number of aromatic nitrogens is 1. The van der Waals surface area contributed by atoms with Gasteiger partial charge in [0.15, 0.2) is 0 Å². The number of nitrogens with one attached hydrogen (secondary N) is 2. The van der Waals surface area contributed by atoms with Gasteiger partial charge in [-0.2, -0.15) is 0 Å². The average Bonchev–Trinajstić information content (AvgIpc) is 3.75. The molecule has 0 atom stereocenters. The molecular formula is C39H43N5O4. The number of hydrogen-bond acceptors (Lipinski definition) is 8. The number of allylic oxidation sites excluding steroid dienone is 10. The van der Waals surface area contributed by atoms with E-state index in [0.29, 0.717) is 29.8 Å². The summed E-state index contributed by atoms with van der Waals surface area (Å²) >= 11 is 0. The van der Waals surface area contributed by atoms with Gasteiger partial charge in [-0.25, -0.2) is 15.0 Å². The zero-order chi connectivity index (χ0) is 34.7. The van der Waals surface area contributed by atoms with Gasteiger partial charge in [-0.15, -0.1) is 0 Å². The maximum atomic E-state index is 12.4. The van der Waals surface area contributed by atoms with Crippen LogP contribution in [-0.2, 0) is 25.5 Å². The maximum absolute atomic E-state index is 12.4. The monoisotopic (exact) mass is 645 g/mol. The lowest BCUT2D eigenvalue weighted by atomic mass is 9.88. The number of fused-ring (bicyclic) bond motifs is 5. The van der Waals surface area contributed by atoms with E-state index in [9.17, 15) is 9.59 Å². The van der Waals surface area contributed by atoms with Crippen LogP contribution in [0, 0.1) is 12.3 Å². The van der Waals surface area contributed by atoms with E-state index < -0.39 is 0 Å². The Morgan fingerprint density at radius 2 is 1.29 bits per heavy atom. The maximum Gasteiger partial charge on any atom is 0.305 e. The molecule has 0 aliphatic carbocycles. The summed E-state index contributed by atoms with van der Waals surface area (Å²) in [5.41, 5.74) is 15.6. The quantitative estimate of drug-likeness (QED) is 0.209. The third kappa shape index (κ3) is 6.38. The van der Waals surface area contributed by atoms with Crippen molar-refractivity contribution in [1.82, 2.24) is 4.98 Å². The third-order valence-corrected chi connectivity index (χ3v) is 9.55. The molecule has 5 rings (SSSR count). The van der Waals surface area contributed by atoms with Gasteiger partial charge in [0.2, 0.25) is 0 Å². The highest BCUT2D eigenvalue weighted by atomic mass is 16.5. The van der Waals surface area contributed by atoms with Crippen molar-refractivity contribution in [3.63, 3.8) is 0 Å². The summed E-state index contributed by atoms with van der Waals surface area (Å²) in [6.07, 6.45) is 12.4. The number of aromatic amines is 1. The number of aliphatic imine (C=N–C) groups is 3. The molecule has 0 spiro atoms. The number of ether oxygens (including phenoxy) is 2. The Balaban J connectivity index is 1.85. The number of methoxy groups -OCH3 is 2. The van der Waals surface area contributed by atoms with Crippen LogP contribution in [0.5, 0.6) is 0 Å². The predicted molar refractivity (Wildman–Crippen MR) is 193 cm³/mol. The van der Waals surface area contributed by atoms with Crippen LogP contribution in [0.15, 0.2) is 89.3 Å². The van der Waals surface area contributed by atoms with Crippen LogP contribution in [-0.4, -0.2) is 54.1 Å². The molecule has 2 N–H and O–H groups in total. The van der Waals surface area contributed by atoms with E-state index in [-0.39, 0.29) is 24.8 Å². The number of nitrogens with zero attached hydrogens (tertiary/aromatic N) is 3. The molecule has 0 radical (unpaired) electrons. The highest BCUT2D eigenvalue weighted by Crippen LogP contribution is 2.40. The Bertz CT molecular complexity index is 1970. The summed E-state index contributed by atoms with van der Waals surface area (Å²) < 4.78 is 9.99. The van der Waals surface area contributed by atoms with Crippen molar-refractivity contribution in [3.05, 3.63) is 96.8 Å². The van der Waals surface area contributed by atoms with E-state index >= 15 is 0 Å². The minimum atomic E-state index is -0.318. The summed E-state index contributed by atoms with van der Waals surface area (Å²) in [5.74, 6) is 1.74. The van der Waals surface area contributed by atoms with Crippen molar-refractivity contribution in [3.8, 4) is 0 Å². The van der Waals surface area contributed by atoms with E-state index in [1.807, 2.05) is 19.9 Å². The lowest BCUT2D eigenvalue weighted by molar-refractivity contribution is -0.141. The zero-order valence-corrected chi connectivity index (χ0v) is 29.1. The molecule has 48 heavy (non-hydrogen) atoms. The van der Waals surface area contributed by atoms with Crippen molar-refractivity contribution in [2.24, 2.45) is 15.0 Å². The van der Waals surface area contributed by atoms with Crippen LogP contribution < -0.4 is 0 Å². The van der Waals surface area contributed by atoms with Gasteiger partial charge in [-0.3, -0.25) is 15.0 Å². The van der Waals surface area contributed by atoms with Gasteiger partial charge in [-0.05, 0) is 134 Å². The fourth-order valence-electron chi connectivity index (χ4n) is 6.74. The first-order chi connectivity index (χ1) is 23.1. The number of rotatable bonds is 9. The van der Waals surface area contributed by atoms with Gasteiger partial charge in [0.05, 0.1) is 48.4 Å². The normalized spacial score (nSPS) is 18.0. The molecule has 0 saturated carbocycles. The lowest BCUT2D eigenvalue weighted by Gasteiger charge is -2.14. The van der Waals surface area contributed by atoms with Gasteiger partial charge in [0, 0.05) is 29.8 Å². The molecule has 9 heteroatoms. The largest absolute Gasteiger partial charge is 0.469 e. The minimum absolute atomic E-state index is 0.173. The smallest absolute Gasteiger partial charge is 0.305 e. The standard InChI is InChI=1S/C39H43N5O4/c1-9-25-21(3)30-18-32-23(5)27(13-15-36(45)47-7)38(43-32)29(12-11-17-40)39-28(14-16-37(46)48-8)24(6)33(44-39)20-35-26(10-2)22(4)31(42-35)19-34(25)41-30/h11-12,18-20,40-41H,9-10,13-16H2,1-8H3/b29-12-,31-19?,32-18?,33-20?. The van der Waals surface area contributed by atoms with Crippen LogP contribution >= 0.6 is 0 Å². The minimum Gasteiger partial charge on any atom is -0.469 e. The van der Waals surface area contributed by atoms with E-state index in [1.54, 1.807) is 6.08 Å². The van der Waals surface area contributed by atoms with Crippen molar-refractivity contribution in [1.29, 1.82) is 5.41 Å². The summed E-state index contributed by atoms with van der Waals surface area (Å²) in [6.45, 7) is 12.6. The highest BCUT2D eigenvalue weighted by molar-refractivity contribution is 6.37. The molecule has 0 saturated heterocycles. The van der Waals surface area contributed by atoms with E-state index in [4.69, 9.17) is 29.9 Å². The molecular weight excluding hydrogens is 602 g/mol. The van der Waals surface area contributed by atoms with Gasteiger partial charge in [0.25, 0.3) is 0 Å². The fraction of sp³-hybridized carbons (Fsp3) is 0.359. The number of H-pyrrole nitrogens is 1. The van der Waals surface area contributed by atoms with Gasteiger partial charge in [0.1, 0.15) is 0 Å². The SMILES string of the molecule is CCC1=C(C)C2=Cc3[nH]c(c(C)c3CC)C=C3N=C(C(CCC(=O)OC)=C3C)/C(=C/C=C=N)C3=NC(=CC1=N2)C(C)=C3CCC(=O)OC. The van der Waals surface area contributed by atoms with Gasteiger partial charge < -0.3 is 14.5 Å². The molecule has 1 aromatic rings. The fourth-order valence-corrected chi connectivity index (χ4v) is 6.74. The number of carbonyl (C=O) groups excluding carboxylic acids is 2. The molecule has 0 amide bonds. The van der Waals surface area contributed by atoms with Crippen molar-refractivity contribution in [2.45, 2.75) is 80.1 Å². The molecule has 0 aromatic carbocycles. The van der Waals surface area contributed by atoms with Crippen LogP contribution in [0.3, 0.4) is 0 Å². The Morgan fingerprint density at radius 3 is 1.81 bits per heavy atom. The molecule has 5 heterocycles. The molecule has 0 unspecified atom stereocenters. The summed E-state index contributed by atoms with van der Waals surface area (Å²) in [4.78, 5) is 43.9. The summed E-state index contributed by atoms with van der Waals surface area (Å²) in [5, 5.41) is 7.72. The number of esters is 2. The van der Waals surface area contributed by atoms with Crippen LogP contribution in [0.25, 0.3) is 12.2 Å². The van der Waals surface area contributed by atoms with Crippen LogP contribution in [0.1, 0.15) is 89.2 Å². The Morgan fingerprint density at radius 1 is 0.771 bits per heavy atom. The molecule has 1 aromatic heterocycles. The van der Waals surface area contributed by atoms with Gasteiger partial charge in [-0.1, -0.05) is 13.8 Å². The Labute approximate surface area is 282 Å². The summed E-state index contributed by atoms with van der Waals surface area (Å²) in [6, 6.07) is 0. The highest BCUT2D eigenvalue weighted by Gasteiger charge is 2.32. The molecule has 9 nitrogen and oxygen atoms in total. The first-order valence-corrected chi connectivity index (χ1v) is 16.4. The molecule has 0 fully saturated rings. The van der Waals surface area contributed by atoms with Crippen LogP contribution in [0.2, 0.25) is 0 Å². The van der Waals surface area contributed by atoms with Crippen molar-refractivity contribution in [2.75, 3.05) is 14.2 Å². The van der Waals surface area contributed by atoms with Gasteiger partial charge >= 0.3 is 11.9 Å². The molecule has 4 aliphatic rings. The first-order valence-electron chi connectivity index (χ1n) is 16.4. The van der Waals surface area contributed by atoms with Crippen molar-refractivity contribution >= 4 is 47.1 Å². The van der Waals surface area contributed by atoms with Crippen molar-refractivity contribution < 1.29 is 19.1 Å². The topological polar surface area (TPSA) is 129 Å². The average molecular weight is 646 g/mol. The van der Waals surface area contributed by atoms with Crippen LogP contribution in [0.4, 0.5) is 0 Å². The Hall–Kier alpha value is -5.14. The van der Waals surface area contributed by atoms with E-state index in [1.165, 1.54) is 25.9 Å². The second-order valence-corrected chi connectivity index (χ2v) is 12.1. The predicted octanol–water partition coefficient (Wildman–Crippen LogP) is 7.83. The third-order valence-electron chi connectivity index (χ3n) is 9.55. The number of hydrogen-bond donors (Lipinski definition) is 2. The second-order valence-electron chi connectivity index (χ2n) is 12.1. The molecule has 4 aliphatic heterocycles. The number of carbonyl (C=O) groups is 2. The van der Waals surface area contributed by atoms with E-state index in [2.05, 4.69) is 50.7 Å². The second kappa shape index (κ2) is 14.3. The Kier molecular flexibility index (Phi) is 10.2. The summed E-state index contributed by atoms with van der Waals surface area (Å²) in [7, 11) is 2.77. The van der Waals surface area contributed by atoms with E-state index in [0.717, 1.165) is 86.0 Å². The lowest BCUT2D eigenvalue weighted by Crippen LogP contribution is -2.17. The molecule has 248 valence electrons. The molecule has 8 bridgehead atoms. The zero-order valence-electron chi connectivity index (χ0n) is 29.1. The first kappa shape index (κ1) is 34.2.